The van der Waals surface area contributed by atoms with Gasteiger partial charge in [-0.25, -0.2) is 0 Å². The molecule has 2 unspecified atom stereocenters. The van der Waals surface area contributed by atoms with Crippen molar-refractivity contribution in [3.05, 3.63) is 91.5 Å². The fraction of sp³-hybridized carbons (Fsp3) is 0.457. The first-order chi connectivity index (χ1) is 20.4. The van der Waals surface area contributed by atoms with Crippen molar-refractivity contribution in [2.75, 3.05) is 24.6 Å². The third kappa shape index (κ3) is 4.90. The number of amides is 3. The molecule has 43 heavy (non-hydrogen) atoms. The second-order valence-electron chi connectivity index (χ2n) is 13.1. The lowest BCUT2D eigenvalue weighted by Gasteiger charge is -2.43. The largest absolute Gasteiger partial charge is 0.394 e. The van der Waals surface area contributed by atoms with Crippen LogP contribution in [0.25, 0.3) is 0 Å². The van der Waals surface area contributed by atoms with Crippen LogP contribution in [0.3, 0.4) is 0 Å². The zero-order valence-electron chi connectivity index (χ0n) is 25.6. The van der Waals surface area contributed by atoms with E-state index in [9.17, 15) is 19.5 Å². The lowest BCUT2D eigenvalue weighted by molar-refractivity contribution is -0.158. The second-order valence-corrected chi connectivity index (χ2v) is 13.1. The van der Waals surface area contributed by atoms with Crippen molar-refractivity contribution in [1.29, 1.82) is 0 Å². The normalized spacial score (nSPS) is 28.3. The molecule has 2 bridgehead atoms. The lowest BCUT2D eigenvalue weighted by atomic mass is 9.66. The van der Waals surface area contributed by atoms with Gasteiger partial charge in [0.2, 0.25) is 17.7 Å². The molecule has 5 rings (SSSR count). The Bertz CT molecular complexity index is 1390. The van der Waals surface area contributed by atoms with Gasteiger partial charge in [-0.1, -0.05) is 60.7 Å². The van der Waals surface area contributed by atoms with Crippen LogP contribution in [0.5, 0.6) is 0 Å². The van der Waals surface area contributed by atoms with E-state index < -0.39 is 40.7 Å². The summed E-state index contributed by atoms with van der Waals surface area (Å²) in [6.07, 6.45) is 4.31. The van der Waals surface area contributed by atoms with Gasteiger partial charge in [-0.05, 0) is 58.2 Å². The van der Waals surface area contributed by atoms with Gasteiger partial charge >= 0.3 is 0 Å². The zero-order chi connectivity index (χ0) is 31.2. The minimum absolute atomic E-state index is 0.236. The van der Waals surface area contributed by atoms with Crippen LogP contribution in [-0.4, -0.2) is 75.1 Å². The lowest BCUT2D eigenvalue weighted by Crippen LogP contribution is -2.60. The van der Waals surface area contributed by atoms with Gasteiger partial charge in [0.15, 0.2) is 0 Å². The van der Waals surface area contributed by atoms with E-state index in [2.05, 4.69) is 13.2 Å². The Morgan fingerprint density at radius 3 is 2.19 bits per heavy atom. The molecule has 3 saturated heterocycles. The summed E-state index contributed by atoms with van der Waals surface area (Å²) in [5, 5.41) is 10.8. The van der Waals surface area contributed by atoms with Gasteiger partial charge in [-0.3, -0.25) is 14.4 Å². The average Bonchev–Trinajstić information content (AvgIpc) is 3.55. The highest BCUT2D eigenvalue weighted by atomic mass is 16.5. The number of aliphatic hydroxyl groups is 1. The molecule has 3 aliphatic rings. The van der Waals surface area contributed by atoms with E-state index in [1.165, 1.54) is 4.90 Å². The van der Waals surface area contributed by atoms with Gasteiger partial charge in [0.1, 0.15) is 11.6 Å². The van der Waals surface area contributed by atoms with Crippen LogP contribution in [0, 0.1) is 11.8 Å². The smallest absolute Gasteiger partial charge is 0.249 e. The number of anilines is 1. The predicted octanol–water partition coefficient (Wildman–Crippen LogP) is 4.52. The summed E-state index contributed by atoms with van der Waals surface area (Å²) in [4.78, 5) is 49.0. The topological polar surface area (TPSA) is 90.4 Å². The summed E-state index contributed by atoms with van der Waals surface area (Å²) >= 11 is 0. The number of hydrogen-bond donors (Lipinski definition) is 1. The van der Waals surface area contributed by atoms with Crippen molar-refractivity contribution < 1.29 is 24.2 Å². The summed E-state index contributed by atoms with van der Waals surface area (Å²) in [7, 11) is 0. The summed E-state index contributed by atoms with van der Waals surface area (Å²) in [5.41, 5.74) is -1.35. The molecule has 2 aromatic rings. The van der Waals surface area contributed by atoms with E-state index in [0.29, 0.717) is 24.1 Å². The number of para-hydroxylation sites is 1. The van der Waals surface area contributed by atoms with E-state index in [-0.39, 0.29) is 37.4 Å². The first-order valence-electron chi connectivity index (χ1n) is 15.0. The van der Waals surface area contributed by atoms with Crippen molar-refractivity contribution >= 4 is 23.4 Å². The average molecular weight is 586 g/mol. The van der Waals surface area contributed by atoms with Crippen molar-refractivity contribution in [3.8, 4) is 0 Å². The van der Waals surface area contributed by atoms with E-state index >= 15 is 0 Å². The van der Waals surface area contributed by atoms with Crippen LogP contribution in [0.4, 0.5) is 5.69 Å². The van der Waals surface area contributed by atoms with E-state index in [1.807, 2.05) is 88.4 Å². The van der Waals surface area contributed by atoms with Crippen LogP contribution in [-0.2, 0) is 19.1 Å². The van der Waals surface area contributed by atoms with Gasteiger partial charge in [-0.15, -0.1) is 13.2 Å². The Morgan fingerprint density at radius 1 is 1.02 bits per heavy atom. The molecule has 8 heteroatoms. The van der Waals surface area contributed by atoms with Gasteiger partial charge in [0, 0.05) is 24.3 Å². The second kappa shape index (κ2) is 11.4. The Balaban J connectivity index is 1.67. The number of aliphatic hydroxyl groups excluding tert-OH is 1. The van der Waals surface area contributed by atoms with E-state index in [1.54, 1.807) is 22.0 Å². The molecule has 228 valence electrons. The maximum absolute atomic E-state index is 14.8. The molecule has 6 atom stereocenters. The number of benzene rings is 2. The van der Waals surface area contributed by atoms with Crippen LogP contribution < -0.4 is 4.90 Å². The number of carbonyl (C=O) groups is 3. The third-order valence-corrected chi connectivity index (χ3v) is 9.44. The van der Waals surface area contributed by atoms with Crippen molar-refractivity contribution in [1.82, 2.24) is 9.80 Å². The molecule has 3 fully saturated rings. The highest BCUT2D eigenvalue weighted by molar-refractivity contribution is 6.03. The molecular weight excluding hydrogens is 542 g/mol. The third-order valence-electron chi connectivity index (χ3n) is 9.44. The Kier molecular flexibility index (Phi) is 8.13. The Labute approximate surface area is 254 Å². The summed E-state index contributed by atoms with van der Waals surface area (Å²) in [6.45, 7) is 15.6. The summed E-state index contributed by atoms with van der Waals surface area (Å²) in [5.74, 6) is -2.58. The maximum atomic E-state index is 14.8. The van der Waals surface area contributed by atoms with Gasteiger partial charge in [0.25, 0.3) is 0 Å². The van der Waals surface area contributed by atoms with Crippen molar-refractivity contribution in [3.63, 3.8) is 0 Å². The molecular formula is C35H43N3O5. The van der Waals surface area contributed by atoms with Gasteiger partial charge < -0.3 is 24.5 Å². The molecule has 0 saturated carbocycles. The highest BCUT2D eigenvalue weighted by Gasteiger charge is 2.79. The van der Waals surface area contributed by atoms with Crippen molar-refractivity contribution in [2.45, 2.75) is 69.4 Å². The number of rotatable bonds is 10. The number of ether oxygens (including phenoxy) is 1. The number of fused-ring (bicyclic) bond motifs is 1. The highest BCUT2D eigenvalue weighted by Crippen LogP contribution is 2.64. The Hall–Kier alpha value is -3.75. The molecule has 2 aromatic carbocycles. The molecule has 3 heterocycles. The van der Waals surface area contributed by atoms with Gasteiger partial charge in [0.05, 0.1) is 30.1 Å². The van der Waals surface area contributed by atoms with Crippen molar-refractivity contribution in [2.24, 2.45) is 11.8 Å². The number of carbonyl (C=O) groups excluding carboxylic acids is 3. The monoisotopic (exact) mass is 585 g/mol. The first-order valence-corrected chi connectivity index (χ1v) is 15.0. The number of nitrogens with zero attached hydrogens (tertiary/aromatic N) is 3. The molecule has 8 nitrogen and oxygen atoms in total. The molecule has 1 N–H and O–H groups in total. The minimum Gasteiger partial charge on any atom is -0.394 e. The molecule has 1 spiro atoms. The number of hydrogen-bond acceptors (Lipinski definition) is 5. The van der Waals surface area contributed by atoms with Crippen LogP contribution >= 0.6 is 0 Å². The van der Waals surface area contributed by atoms with E-state index in [0.717, 1.165) is 0 Å². The van der Waals surface area contributed by atoms with Gasteiger partial charge in [-0.2, -0.15) is 0 Å². The SMILES string of the molecule is C=CCN(C(=O)[C@@H]1[C@H]2C(=O)N([C@H](CO)c3ccccc3)C(C(=O)N(CC=C)C(C)(C)C)C23CC[C@@]1(C)O3)c1ccccc1. The molecule has 0 aliphatic carbocycles. The zero-order valence-corrected chi connectivity index (χ0v) is 25.6. The minimum atomic E-state index is -1.23. The predicted molar refractivity (Wildman–Crippen MR) is 166 cm³/mol. The fourth-order valence-electron chi connectivity index (χ4n) is 7.58. The molecule has 0 radical (unpaired) electrons. The fourth-order valence-corrected chi connectivity index (χ4v) is 7.58. The molecule has 3 aliphatic heterocycles. The quantitative estimate of drug-likeness (QED) is 0.415. The Morgan fingerprint density at radius 2 is 1.63 bits per heavy atom. The van der Waals surface area contributed by atoms with E-state index in [4.69, 9.17) is 4.74 Å². The molecule has 0 aromatic heterocycles. The summed E-state index contributed by atoms with van der Waals surface area (Å²) in [6, 6.07) is 16.7. The molecule has 3 amide bonds. The number of likely N-dealkylation sites (tertiary alicyclic amines) is 1. The first kappa shape index (κ1) is 30.7. The summed E-state index contributed by atoms with van der Waals surface area (Å²) < 4.78 is 6.88. The maximum Gasteiger partial charge on any atom is 0.249 e. The van der Waals surface area contributed by atoms with Crippen LogP contribution in [0.15, 0.2) is 86.0 Å². The standard InChI is InChI=1S/C35H43N3O5/c1-7-21-36(25-17-13-10-14-18-25)30(40)27-28-31(41)38(26(23-39)24-15-11-9-12-16-24)29(35(28)20-19-34(27,6)43-35)32(42)37(22-8-2)33(3,4)5/h7-18,26-29,39H,1-2,19-23H2,3-6H3/t26-,27+,28+,29?,34-,35?/m1/s1. The van der Waals surface area contributed by atoms with Crippen LogP contribution in [0.2, 0.25) is 0 Å². The van der Waals surface area contributed by atoms with Crippen LogP contribution in [0.1, 0.15) is 52.1 Å².